The van der Waals surface area contributed by atoms with E-state index in [4.69, 9.17) is 11.6 Å². The van der Waals surface area contributed by atoms with Gasteiger partial charge in [-0.25, -0.2) is 9.97 Å². The number of imidazole rings is 1. The molecule has 3 aromatic heterocycles. The number of thiophene rings is 1. The minimum atomic E-state index is 0.455. The fraction of sp³-hybridized carbons (Fsp3) is 0. The molecular formula is C8H4ClN3S. The third-order valence-corrected chi connectivity index (χ3v) is 3.04. The molecule has 13 heavy (non-hydrogen) atoms. The Morgan fingerprint density at radius 3 is 3.31 bits per heavy atom. The first-order valence-electron chi connectivity index (χ1n) is 3.72. The molecule has 0 aromatic carbocycles. The first kappa shape index (κ1) is 7.29. The van der Waals surface area contributed by atoms with Crippen LogP contribution in [0.5, 0.6) is 0 Å². The van der Waals surface area contributed by atoms with Crippen molar-refractivity contribution in [3.63, 3.8) is 0 Å². The van der Waals surface area contributed by atoms with E-state index in [2.05, 4.69) is 9.97 Å². The van der Waals surface area contributed by atoms with Gasteiger partial charge >= 0.3 is 0 Å². The first-order chi connectivity index (χ1) is 6.36. The molecule has 0 spiro atoms. The maximum Gasteiger partial charge on any atom is 0.175 e. The van der Waals surface area contributed by atoms with Crippen molar-refractivity contribution < 1.29 is 0 Å². The number of halogens is 1. The molecule has 0 bridgehead atoms. The molecule has 3 heterocycles. The third-order valence-electron chi connectivity index (χ3n) is 1.89. The lowest BCUT2D eigenvalue weighted by atomic mass is 10.5. The van der Waals surface area contributed by atoms with Crippen LogP contribution in [0.2, 0.25) is 5.15 Å². The summed E-state index contributed by atoms with van der Waals surface area (Å²) in [4.78, 5) is 9.43. The van der Waals surface area contributed by atoms with Crippen LogP contribution < -0.4 is 0 Å². The van der Waals surface area contributed by atoms with E-state index in [0.717, 1.165) is 16.0 Å². The Balaban J connectivity index is 2.70. The van der Waals surface area contributed by atoms with E-state index in [1.54, 1.807) is 17.5 Å². The SMILES string of the molecule is Clc1nc2ccsc2n2ccnc12. The summed E-state index contributed by atoms with van der Waals surface area (Å²) in [5.74, 6) is 0. The molecular weight excluding hydrogens is 206 g/mol. The second kappa shape index (κ2) is 2.43. The number of hydrogen-bond donors (Lipinski definition) is 0. The normalized spacial score (nSPS) is 11.5. The van der Waals surface area contributed by atoms with Gasteiger partial charge in [-0.3, -0.25) is 4.40 Å². The predicted octanol–water partition coefficient (Wildman–Crippen LogP) is 2.60. The molecule has 0 saturated carbocycles. The second-order valence-corrected chi connectivity index (χ2v) is 3.89. The molecule has 3 aromatic rings. The van der Waals surface area contributed by atoms with Gasteiger partial charge in [0.25, 0.3) is 0 Å². The van der Waals surface area contributed by atoms with Gasteiger partial charge in [-0.05, 0) is 11.4 Å². The molecule has 3 nitrogen and oxygen atoms in total. The lowest BCUT2D eigenvalue weighted by Gasteiger charge is -1.96. The molecule has 0 fully saturated rings. The van der Waals surface area contributed by atoms with Crippen molar-refractivity contribution >= 4 is 38.9 Å². The van der Waals surface area contributed by atoms with Gasteiger partial charge in [0.15, 0.2) is 10.8 Å². The summed E-state index contributed by atoms with van der Waals surface area (Å²) >= 11 is 7.58. The van der Waals surface area contributed by atoms with E-state index in [-0.39, 0.29) is 0 Å². The maximum absolute atomic E-state index is 5.94. The van der Waals surface area contributed by atoms with Crippen LogP contribution >= 0.6 is 22.9 Å². The number of rotatable bonds is 0. The van der Waals surface area contributed by atoms with Crippen molar-refractivity contribution in [2.45, 2.75) is 0 Å². The van der Waals surface area contributed by atoms with Gasteiger partial charge in [-0.15, -0.1) is 11.3 Å². The Kier molecular flexibility index (Phi) is 1.36. The minimum Gasteiger partial charge on any atom is -0.287 e. The summed E-state index contributed by atoms with van der Waals surface area (Å²) in [6.07, 6.45) is 3.61. The van der Waals surface area contributed by atoms with Gasteiger partial charge in [0.2, 0.25) is 0 Å². The molecule has 0 N–H and O–H groups in total. The van der Waals surface area contributed by atoms with Crippen LogP contribution in [0, 0.1) is 0 Å². The van der Waals surface area contributed by atoms with Crippen LogP contribution in [0.15, 0.2) is 23.8 Å². The van der Waals surface area contributed by atoms with Crippen LogP contribution in [0.25, 0.3) is 16.0 Å². The zero-order valence-electron chi connectivity index (χ0n) is 6.44. The van der Waals surface area contributed by atoms with Gasteiger partial charge < -0.3 is 0 Å². The quantitative estimate of drug-likeness (QED) is 0.570. The van der Waals surface area contributed by atoms with E-state index in [1.165, 1.54) is 0 Å². The molecule has 3 rings (SSSR count). The van der Waals surface area contributed by atoms with Crippen molar-refractivity contribution in [3.8, 4) is 0 Å². The molecule has 5 heteroatoms. The number of hydrogen-bond acceptors (Lipinski definition) is 3. The van der Waals surface area contributed by atoms with Gasteiger partial charge in [0.1, 0.15) is 10.3 Å². The van der Waals surface area contributed by atoms with E-state index >= 15 is 0 Å². The van der Waals surface area contributed by atoms with Crippen LogP contribution in [0.3, 0.4) is 0 Å². The summed E-state index contributed by atoms with van der Waals surface area (Å²) in [5, 5.41) is 2.45. The molecule has 0 unspecified atom stereocenters. The standard InChI is InChI=1S/C8H4ClN3S/c9-6-7-10-2-3-12(7)8-5(11-6)1-4-13-8/h1-4H. The summed E-state index contributed by atoms with van der Waals surface area (Å²) in [7, 11) is 0. The Hall–Kier alpha value is -1.13. The maximum atomic E-state index is 5.94. The van der Waals surface area contributed by atoms with Crippen molar-refractivity contribution in [3.05, 3.63) is 29.0 Å². The molecule has 0 radical (unpaired) electrons. The zero-order valence-corrected chi connectivity index (χ0v) is 8.01. The average Bonchev–Trinajstić information content (AvgIpc) is 2.66. The van der Waals surface area contributed by atoms with Crippen LogP contribution in [-0.4, -0.2) is 14.4 Å². The lowest BCUT2D eigenvalue weighted by molar-refractivity contribution is 1.23. The van der Waals surface area contributed by atoms with E-state index in [0.29, 0.717) is 5.15 Å². The summed E-state index contributed by atoms with van der Waals surface area (Å²) < 4.78 is 1.95. The highest BCUT2D eigenvalue weighted by Gasteiger charge is 2.07. The fourth-order valence-corrected chi connectivity index (χ4v) is 2.39. The number of fused-ring (bicyclic) bond motifs is 3. The van der Waals surface area contributed by atoms with Crippen LogP contribution in [0.4, 0.5) is 0 Å². The summed E-state index contributed by atoms with van der Waals surface area (Å²) in [6, 6.07) is 1.95. The second-order valence-electron chi connectivity index (χ2n) is 2.63. The first-order valence-corrected chi connectivity index (χ1v) is 4.98. The Morgan fingerprint density at radius 1 is 1.46 bits per heavy atom. The van der Waals surface area contributed by atoms with Crippen molar-refractivity contribution in [2.24, 2.45) is 0 Å². The molecule has 0 aliphatic rings. The lowest BCUT2D eigenvalue weighted by Crippen LogP contribution is -1.87. The van der Waals surface area contributed by atoms with Crippen molar-refractivity contribution in [1.29, 1.82) is 0 Å². The Morgan fingerprint density at radius 2 is 2.38 bits per heavy atom. The van der Waals surface area contributed by atoms with Crippen LogP contribution in [-0.2, 0) is 0 Å². The van der Waals surface area contributed by atoms with Gasteiger partial charge in [0.05, 0.1) is 0 Å². The highest BCUT2D eigenvalue weighted by molar-refractivity contribution is 7.16. The molecule has 64 valence electrons. The van der Waals surface area contributed by atoms with Crippen molar-refractivity contribution in [1.82, 2.24) is 14.4 Å². The monoisotopic (exact) mass is 209 g/mol. The minimum absolute atomic E-state index is 0.455. The van der Waals surface area contributed by atoms with Gasteiger partial charge in [0, 0.05) is 12.4 Å². The topological polar surface area (TPSA) is 30.2 Å². The highest BCUT2D eigenvalue weighted by atomic mass is 35.5. The van der Waals surface area contributed by atoms with Gasteiger partial charge in [-0.2, -0.15) is 0 Å². The van der Waals surface area contributed by atoms with E-state index < -0.39 is 0 Å². The van der Waals surface area contributed by atoms with E-state index in [9.17, 15) is 0 Å². The summed E-state index contributed by atoms with van der Waals surface area (Å²) in [6.45, 7) is 0. The smallest absolute Gasteiger partial charge is 0.175 e. The average molecular weight is 210 g/mol. The van der Waals surface area contributed by atoms with Crippen molar-refractivity contribution in [2.75, 3.05) is 0 Å². The van der Waals surface area contributed by atoms with Gasteiger partial charge in [-0.1, -0.05) is 11.6 Å². The third kappa shape index (κ3) is 0.897. The largest absolute Gasteiger partial charge is 0.287 e. The van der Waals surface area contributed by atoms with Crippen LogP contribution in [0.1, 0.15) is 0 Å². The number of nitrogens with zero attached hydrogens (tertiary/aromatic N) is 3. The fourth-order valence-electron chi connectivity index (χ4n) is 1.34. The highest BCUT2D eigenvalue weighted by Crippen LogP contribution is 2.23. The molecule has 0 atom stereocenters. The molecule has 0 aliphatic carbocycles. The predicted molar refractivity (Wildman–Crippen MR) is 53.4 cm³/mol. The molecule has 0 amide bonds. The summed E-state index contributed by atoms with van der Waals surface area (Å²) in [5.41, 5.74) is 1.64. The zero-order chi connectivity index (χ0) is 8.84. The Bertz CT molecular complexity index is 583. The molecule has 0 aliphatic heterocycles. The number of aromatic nitrogens is 3. The Labute approximate surface area is 82.6 Å². The molecule has 0 saturated heterocycles. The van der Waals surface area contributed by atoms with E-state index in [1.807, 2.05) is 22.0 Å².